The fourth-order valence-corrected chi connectivity index (χ4v) is 7.66. The van der Waals surface area contributed by atoms with Gasteiger partial charge in [0.1, 0.15) is 0 Å². The number of aryl methyl sites for hydroxylation is 2. The minimum Gasteiger partial charge on any atom is -0.481 e. The van der Waals surface area contributed by atoms with Gasteiger partial charge in [-0.15, -0.1) is 0 Å². The number of thioether (sulfide) groups is 1. The van der Waals surface area contributed by atoms with E-state index < -0.39 is 28.0 Å². The number of piperidine rings is 1. The molecule has 1 saturated heterocycles. The predicted molar refractivity (Wildman–Crippen MR) is 146 cm³/mol. The number of hydrogen-bond acceptors (Lipinski definition) is 4. The van der Waals surface area contributed by atoms with Crippen molar-refractivity contribution in [1.82, 2.24) is 4.31 Å². The third-order valence-corrected chi connectivity index (χ3v) is 10.3. The summed E-state index contributed by atoms with van der Waals surface area (Å²) >= 11 is 7.57. The Kier molecular flexibility index (Phi) is 8.45. The van der Waals surface area contributed by atoms with Crippen LogP contribution in [-0.4, -0.2) is 35.6 Å². The molecule has 1 heterocycles. The predicted octanol–water partition coefficient (Wildman–Crippen LogP) is 6.35. The molecule has 3 aromatic carbocycles. The second-order valence-electron chi connectivity index (χ2n) is 9.16. The molecule has 8 heteroatoms. The van der Waals surface area contributed by atoms with E-state index in [0.29, 0.717) is 17.2 Å². The molecule has 0 unspecified atom stereocenters. The summed E-state index contributed by atoms with van der Waals surface area (Å²) in [4.78, 5) is 12.5. The van der Waals surface area contributed by atoms with Gasteiger partial charge in [-0.2, -0.15) is 16.1 Å². The molecule has 36 heavy (non-hydrogen) atoms. The van der Waals surface area contributed by atoms with Gasteiger partial charge in [0.25, 0.3) is 0 Å². The Bertz CT molecular complexity index is 1290. The maximum atomic E-state index is 13.8. The number of sulfonamides is 1. The van der Waals surface area contributed by atoms with Crippen LogP contribution in [0.25, 0.3) is 0 Å². The molecule has 0 bridgehead atoms. The molecular weight excluding hydrogens is 514 g/mol. The molecule has 1 aliphatic heterocycles. The van der Waals surface area contributed by atoms with Crippen LogP contribution >= 0.6 is 23.4 Å². The fourth-order valence-electron chi connectivity index (χ4n) is 4.53. The highest BCUT2D eigenvalue weighted by Crippen LogP contribution is 2.43. The average molecular weight is 544 g/mol. The van der Waals surface area contributed by atoms with Crippen molar-refractivity contribution in [2.45, 2.75) is 48.6 Å². The van der Waals surface area contributed by atoms with Gasteiger partial charge in [0.15, 0.2) is 0 Å². The van der Waals surface area contributed by atoms with Crippen LogP contribution in [0, 0.1) is 12.8 Å². The minimum absolute atomic E-state index is 0.0793. The van der Waals surface area contributed by atoms with Crippen molar-refractivity contribution in [3.8, 4) is 0 Å². The first-order chi connectivity index (χ1) is 17.2. The summed E-state index contributed by atoms with van der Waals surface area (Å²) in [6, 6.07) is 21.8. The molecule has 190 valence electrons. The molecule has 0 spiro atoms. The van der Waals surface area contributed by atoms with E-state index in [9.17, 15) is 18.3 Å². The van der Waals surface area contributed by atoms with Gasteiger partial charge in [-0.3, -0.25) is 4.79 Å². The number of rotatable bonds is 8. The zero-order valence-electron chi connectivity index (χ0n) is 20.3. The van der Waals surface area contributed by atoms with E-state index in [0.717, 1.165) is 23.1 Å². The van der Waals surface area contributed by atoms with Gasteiger partial charge in [0.2, 0.25) is 10.0 Å². The van der Waals surface area contributed by atoms with E-state index in [4.69, 9.17) is 11.6 Å². The van der Waals surface area contributed by atoms with Crippen LogP contribution in [0.1, 0.15) is 41.6 Å². The Hall–Kier alpha value is -2.32. The van der Waals surface area contributed by atoms with Crippen LogP contribution in [0.4, 0.5) is 0 Å². The molecule has 0 radical (unpaired) electrons. The van der Waals surface area contributed by atoms with Gasteiger partial charge in [0.05, 0.1) is 16.9 Å². The summed E-state index contributed by atoms with van der Waals surface area (Å²) in [5.41, 5.74) is 4.05. The Morgan fingerprint density at radius 3 is 2.19 bits per heavy atom. The first-order valence-corrected chi connectivity index (χ1v) is 14.8. The lowest BCUT2D eigenvalue weighted by Gasteiger charge is -2.42. The van der Waals surface area contributed by atoms with Crippen molar-refractivity contribution >= 4 is 39.4 Å². The lowest BCUT2D eigenvalue weighted by molar-refractivity contribution is -0.143. The number of aliphatic carboxylic acids is 1. The molecule has 0 amide bonds. The lowest BCUT2D eigenvalue weighted by Crippen LogP contribution is -2.49. The zero-order chi connectivity index (χ0) is 25.9. The minimum atomic E-state index is -3.91. The molecule has 4 rings (SSSR count). The number of nitrogens with zero attached hydrogens (tertiary/aromatic N) is 1. The maximum absolute atomic E-state index is 13.8. The number of carboxylic acid groups (broad SMARTS) is 1. The van der Waals surface area contributed by atoms with Crippen molar-refractivity contribution in [3.05, 3.63) is 100 Å². The Morgan fingerprint density at radius 2 is 1.61 bits per heavy atom. The number of benzene rings is 3. The van der Waals surface area contributed by atoms with Crippen LogP contribution < -0.4 is 0 Å². The monoisotopic (exact) mass is 543 g/mol. The molecular formula is C28H30ClNO4S2. The Labute approximate surface area is 222 Å². The molecule has 1 fully saturated rings. The van der Waals surface area contributed by atoms with E-state index in [2.05, 4.69) is 6.92 Å². The summed E-state index contributed by atoms with van der Waals surface area (Å²) in [5.74, 6) is -1.18. The first-order valence-electron chi connectivity index (χ1n) is 11.9. The third kappa shape index (κ3) is 5.97. The quantitative estimate of drug-likeness (QED) is 0.358. The molecule has 5 nitrogen and oxygen atoms in total. The van der Waals surface area contributed by atoms with Crippen LogP contribution in [0.3, 0.4) is 0 Å². The Balaban J connectivity index is 1.69. The lowest BCUT2D eigenvalue weighted by atomic mass is 9.90. The zero-order valence-corrected chi connectivity index (χ0v) is 22.7. The first kappa shape index (κ1) is 26.7. The number of halogens is 1. The second-order valence-corrected chi connectivity index (χ2v) is 12.7. The molecule has 3 atom stereocenters. The highest BCUT2D eigenvalue weighted by Gasteiger charge is 2.45. The van der Waals surface area contributed by atoms with Gasteiger partial charge >= 0.3 is 5.97 Å². The van der Waals surface area contributed by atoms with Gasteiger partial charge in [-0.25, -0.2) is 8.42 Å². The molecule has 1 aliphatic rings. The van der Waals surface area contributed by atoms with Gasteiger partial charge in [-0.05, 0) is 60.7 Å². The third-order valence-electron chi connectivity index (χ3n) is 6.72. The van der Waals surface area contributed by atoms with Gasteiger partial charge in [0, 0.05) is 22.6 Å². The van der Waals surface area contributed by atoms with Crippen molar-refractivity contribution in [2.24, 2.45) is 5.92 Å². The van der Waals surface area contributed by atoms with Gasteiger partial charge in [-0.1, -0.05) is 72.6 Å². The van der Waals surface area contributed by atoms with E-state index in [1.807, 2.05) is 55.5 Å². The summed E-state index contributed by atoms with van der Waals surface area (Å²) in [6.45, 7) is 3.90. The topological polar surface area (TPSA) is 74.7 Å². The average Bonchev–Trinajstić information content (AvgIpc) is 2.88. The molecule has 3 aromatic rings. The van der Waals surface area contributed by atoms with Crippen molar-refractivity contribution < 1.29 is 18.3 Å². The second kappa shape index (κ2) is 11.4. The summed E-state index contributed by atoms with van der Waals surface area (Å²) in [7, 11) is -3.91. The smallest absolute Gasteiger partial charge is 0.308 e. The highest BCUT2D eigenvalue weighted by atomic mass is 35.5. The van der Waals surface area contributed by atoms with Crippen molar-refractivity contribution in [2.75, 3.05) is 6.54 Å². The van der Waals surface area contributed by atoms with Crippen LogP contribution in [-0.2, 0) is 27.0 Å². The van der Waals surface area contributed by atoms with E-state index >= 15 is 0 Å². The SMILES string of the molecule is CCc1ccc([C@@H]2C[C@@H](SCc3ccc(Cl)cc3)[C@H](C(=O)O)CN2S(=O)(=O)c2ccc(C)cc2)cc1. The summed E-state index contributed by atoms with van der Waals surface area (Å²) in [6.07, 6.45) is 1.29. The molecule has 1 N–H and O–H groups in total. The summed E-state index contributed by atoms with van der Waals surface area (Å²) < 4.78 is 29.0. The number of hydrogen-bond donors (Lipinski definition) is 1. The van der Waals surface area contributed by atoms with Crippen LogP contribution in [0.15, 0.2) is 77.7 Å². The van der Waals surface area contributed by atoms with E-state index in [1.54, 1.807) is 36.0 Å². The van der Waals surface area contributed by atoms with Gasteiger partial charge < -0.3 is 5.11 Å². The van der Waals surface area contributed by atoms with E-state index in [1.165, 1.54) is 9.87 Å². The van der Waals surface area contributed by atoms with Crippen LogP contribution in [0.5, 0.6) is 0 Å². The Morgan fingerprint density at radius 1 is 1.00 bits per heavy atom. The number of carboxylic acids is 1. The largest absolute Gasteiger partial charge is 0.481 e. The maximum Gasteiger partial charge on any atom is 0.308 e. The van der Waals surface area contributed by atoms with Crippen LogP contribution in [0.2, 0.25) is 5.02 Å². The molecule has 0 aliphatic carbocycles. The van der Waals surface area contributed by atoms with E-state index in [-0.39, 0.29) is 16.7 Å². The molecule has 0 saturated carbocycles. The standard InChI is InChI=1S/C28H30ClNO4S2/c1-3-20-6-10-22(11-7-20)26-16-27(35-18-21-8-12-23(29)13-9-21)25(28(31)32)17-30(26)36(33,34)24-14-4-19(2)5-15-24/h4-15,25-27H,3,16-18H2,1-2H3,(H,31,32)/t25-,26+,27-/m1/s1. The van der Waals surface area contributed by atoms with Crippen molar-refractivity contribution in [3.63, 3.8) is 0 Å². The fraction of sp³-hybridized carbons (Fsp3) is 0.321. The molecule has 0 aromatic heterocycles. The van der Waals surface area contributed by atoms with Crippen molar-refractivity contribution in [1.29, 1.82) is 0 Å². The number of carbonyl (C=O) groups is 1. The summed E-state index contributed by atoms with van der Waals surface area (Å²) in [5, 5.41) is 10.5. The normalized spacial score (nSPS) is 20.8. The highest BCUT2D eigenvalue weighted by molar-refractivity contribution is 7.99.